The van der Waals surface area contributed by atoms with E-state index >= 15 is 0 Å². The van der Waals surface area contributed by atoms with Gasteiger partial charge < -0.3 is 10.1 Å². The number of hydrogen-bond acceptors (Lipinski definition) is 4. The predicted octanol–water partition coefficient (Wildman–Crippen LogP) is 4.68. The lowest BCUT2D eigenvalue weighted by Crippen LogP contribution is -2.45. The van der Waals surface area contributed by atoms with Gasteiger partial charge in [-0.05, 0) is 42.0 Å². The molecule has 4 nitrogen and oxygen atoms in total. The Kier molecular flexibility index (Phi) is 5.77. The zero-order chi connectivity index (χ0) is 21.3. The standard InChI is InChI=1S/C22H18ClF2NO3S/c23-15-6-8-16(9-7-15)30(27,28)22-19(26-12-14-4-2-1-3-5-14)13-29-21-18(25)11-10-17(24)20(21)22/h1-11,19,22,26H,12-13H2/t19-,22+/m0/s1. The second-order valence-electron chi connectivity index (χ2n) is 6.98. The third-order valence-corrected chi connectivity index (χ3v) is 7.45. The molecule has 0 fully saturated rings. The van der Waals surface area contributed by atoms with Crippen LogP contribution >= 0.6 is 11.6 Å². The summed E-state index contributed by atoms with van der Waals surface area (Å²) in [4.78, 5) is -0.0278. The lowest BCUT2D eigenvalue weighted by molar-refractivity contribution is 0.218. The van der Waals surface area contributed by atoms with Gasteiger partial charge in [0.1, 0.15) is 17.7 Å². The molecule has 1 N–H and O–H groups in total. The molecule has 8 heteroatoms. The van der Waals surface area contributed by atoms with E-state index in [2.05, 4.69) is 5.32 Å². The molecule has 0 aromatic heterocycles. The summed E-state index contributed by atoms with van der Waals surface area (Å²) >= 11 is 5.88. The van der Waals surface area contributed by atoms with Gasteiger partial charge in [0, 0.05) is 11.6 Å². The maximum atomic E-state index is 14.8. The minimum Gasteiger partial charge on any atom is -0.488 e. The quantitative estimate of drug-likeness (QED) is 0.614. The van der Waals surface area contributed by atoms with E-state index in [0.29, 0.717) is 11.6 Å². The first-order valence-electron chi connectivity index (χ1n) is 9.25. The Morgan fingerprint density at radius 2 is 1.63 bits per heavy atom. The van der Waals surface area contributed by atoms with Crippen molar-refractivity contribution >= 4 is 21.4 Å². The van der Waals surface area contributed by atoms with Gasteiger partial charge in [0.05, 0.1) is 16.5 Å². The normalized spacial score (nSPS) is 18.5. The highest BCUT2D eigenvalue weighted by molar-refractivity contribution is 7.91. The molecule has 2 atom stereocenters. The Bertz CT molecular complexity index is 1160. The van der Waals surface area contributed by atoms with Gasteiger partial charge in [0.2, 0.25) is 0 Å². The molecule has 1 heterocycles. The van der Waals surface area contributed by atoms with E-state index in [0.717, 1.165) is 17.7 Å². The Balaban J connectivity index is 1.78. The molecule has 3 aromatic carbocycles. The summed E-state index contributed by atoms with van der Waals surface area (Å²) in [5, 5.41) is 2.14. The number of fused-ring (bicyclic) bond motifs is 1. The van der Waals surface area contributed by atoms with Crippen LogP contribution in [0.25, 0.3) is 0 Å². The van der Waals surface area contributed by atoms with Crippen LogP contribution in [-0.2, 0) is 16.4 Å². The summed E-state index contributed by atoms with van der Waals surface area (Å²) in [5.41, 5.74) is 0.618. The van der Waals surface area contributed by atoms with Gasteiger partial charge in [-0.2, -0.15) is 0 Å². The van der Waals surface area contributed by atoms with E-state index in [1.807, 2.05) is 30.3 Å². The van der Waals surface area contributed by atoms with Crippen molar-refractivity contribution in [3.05, 3.63) is 94.5 Å². The summed E-state index contributed by atoms with van der Waals surface area (Å²) in [6, 6.07) is 16.0. The maximum Gasteiger partial charge on any atom is 0.187 e. The molecule has 1 aliphatic rings. The van der Waals surface area contributed by atoms with Gasteiger partial charge in [0.15, 0.2) is 21.4 Å². The summed E-state index contributed by atoms with van der Waals surface area (Å²) in [6.07, 6.45) is 0. The van der Waals surface area contributed by atoms with Gasteiger partial charge in [-0.25, -0.2) is 17.2 Å². The molecular formula is C22H18ClF2NO3S. The third-order valence-electron chi connectivity index (χ3n) is 5.04. The van der Waals surface area contributed by atoms with Crippen LogP contribution in [0, 0.1) is 11.6 Å². The van der Waals surface area contributed by atoms with Crippen LogP contribution in [-0.4, -0.2) is 21.1 Å². The first-order valence-corrected chi connectivity index (χ1v) is 11.2. The topological polar surface area (TPSA) is 55.4 Å². The number of nitrogens with one attached hydrogen (secondary N) is 1. The van der Waals surface area contributed by atoms with Crippen molar-refractivity contribution in [2.45, 2.75) is 22.7 Å². The molecule has 156 valence electrons. The van der Waals surface area contributed by atoms with Gasteiger partial charge in [-0.1, -0.05) is 41.9 Å². The second-order valence-corrected chi connectivity index (χ2v) is 9.48. The molecule has 0 bridgehead atoms. The monoisotopic (exact) mass is 449 g/mol. The largest absolute Gasteiger partial charge is 0.488 e. The summed E-state index contributed by atoms with van der Waals surface area (Å²) in [6.45, 7) is 0.214. The van der Waals surface area contributed by atoms with E-state index in [1.54, 1.807) is 0 Å². The minimum absolute atomic E-state index is 0.0278. The third kappa shape index (κ3) is 3.93. The van der Waals surface area contributed by atoms with Gasteiger partial charge in [-0.15, -0.1) is 0 Å². The number of halogens is 3. The van der Waals surface area contributed by atoms with Crippen molar-refractivity contribution in [3.8, 4) is 5.75 Å². The highest BCUT2D eigenvalue weighted by Crippen LogP contribution is 2.43. The van der Waals surface area contributed by atoms with Crippen molar-refractivity contribution in [1.82, 2.24) is 5.32 Å². The van der Waals surface area contributed by atoms with E-state index in [9.17, 15) is 17.2 Å². The molecule has 1 aliphatic heterocycles. The zero-order valence-electron chi connectivity index (χ0n) is 15.7. The Morgan fingerprint density at radius 3 is 2.33 bits per heavy atom. The number of hydrogen-bond donors (Lipinski definition) is 1. The van der Waals surface area contributed by atoms with Crippen molar-refractivity contribution in [2.75, 3.05) is 6.61 Å². The summed E-state index contributed by atoms with van der Waals surface area (Å²) in [7, 11) is -4.09. The Morgan fingerprint density at radius 1 is 0.967 bits per heavy atom. The van der Waals surface area contributed by atoms with Crippen LogP contribution in [0.5, 0.6) is 5.75 Å². The average molecular weight is 450 g/mol. The van der Waals surface area contributed by atoms with Crippen LogP contribution in [0.15, 0.2) is 71.6 Å². The van der Waals surface area contributed by atoms with Crippen LogP contribution in [0.2, 0.25) is 5.02 Å². The van der Waals surface area contributed by atoms with Crippen LogP contribution in [0.1, 0.15) is 16.4 Å². The average Bonchev–Trinajstić information content (AvgIpc) is 2.75. The van der Waals surface area contributed by atoms with Crippen LogP contribution < -0.4 is 10.1 Å². The number of rotatable bonds is 5. The molecule has 0 unspecified atom stereocenters. The molecule has 4 rings (SSSR count). The fraction of sp³-hybridized carbons (Fsp3) is 0.182. The fourth-order valence-corrected chi connectivity index (χ4v) is 5.65. The number of ether oxygens (including phenoxy) is 1. The molecule has 3 aromatic rings. The van der Waals surface area contributed by atoms with E-state index < -0.39 is 32.8 Å². The van der Waals surface area contributed by atoms with E-state index in [-0.39, 0.29) is 22.8 Å². The van der Waals surface area contributed by atoms with Gasteiger partial charge >= 0.3 is 0 Å². The molecular weight excluding hydrogens is 432 g/mol. The van der Waals surface area contributed by atoms with Crippen LogP contribution in [0.3, 0.4) is 0 Å². The molecule has 0 radical (unpaired) electrons. The van der Waals surface area contributed by atoms with E-state index in [4.69, 9.17) is 16.3 Å². The van der Waals surface area contributed by atoms with E-state index in [1.165, 1.54) is 24.3 Å². The van der Waals surface area contributed by atoms with Crippen LogP contribution in [0.4, 0.5) is 8.78 Å². The summed E-state index contributed by atoms with van der Waals surface area (Å²) < 4.78 is 61.6. The highest BCUT2D eigenvalue weighted by atomic mass is 35.5. The molecule has 0 saturated carbocycles. The predicted molar refractivity (Wildman–Crippen MR) is 110 cm³/mol. The SMILES string of the molecule is O=S(=O)(c1ccc(Cl)cc1)[C@H]1c2c(F)ccc(F)c2OC[C@@H]1NCc1ccccc1. The maximum absolute atomic E-state index is 14.8. The highest BCUT2D eigenvalue weighted by Gasteiger charge is 2.44. The van der Waals surface area contributed by atoms with Crippen molar-refractivity contribution in [3.63, 3.8) is 0 Å². The zero-order valence-corrected chi connectivity index (χ0v) is 17.3. The molecule has 0 amide bonds. The lowest BCUT2D eigenvalue weighted by atomic mass is 10.0. The minimum atomic E-state index is -4.09. The van der Waals surface area contributed by atoms with Gasteiger partial charge in [-0.3, -0.25) is 0 Å². The smallest absolute Gasteiger partial charge is 0.187 e. The number of sulfone groups is 1. The summed E-state index contributed by atoms with van der Waals surface area (Å²) in [5.74, 6) is -2.00. The van der Waals surface area contributed by atoms with Crippen molar-refractivity contribution in [1.29, 1.82) is 0 Å². The molecule has 30 heavy (non-hydrogen) atoms. The first-order chi connectivity index (χ1) is 14.4. The second kappa shape index (κ2) is 8.34. The Labute approximate surface area is 178 Å². The fourth-order valence-electron chi connectivity index (χ4n) is 3.58. The Hall–Kier alpha value is -2.48. The number of benzene rings is 3. The first kappa shape index (κ1) is 20.8. The molecule has 0 spiro atoms. The lowest BCUT2D eigenvalue weighted by Gasteiger charge is -2.34. The molecule has 0 saturated heterocycles. The van der Waals surface area contributed by atoms with Crippen molar-refractivity contribution < 1.29 is 21.9 Å². The van der Waals surface area contributed by atoms with Gasteiger partial charge in [0.25, 0.3) is 0 Å². The van der Waals surface area contributed by atoms with Crippen molar-refractivity contribution in [2.24, 2.45) is 0 Å². The molecule has 0 aliphatic carbocycles.